The second-order valence-corrected chi connectivity index (χ2v) is 7.84. The van der Waals surface area contributed by atoms with Crippen molar-refractivity contribution in [3.63, 3.8) is 0 Å². The molecule has 1 aliphatic heterocycles. The van der Waals surface area contributed by atoms with Crippen LogP contribution in [0.15, 0.2) is 48.8 Å². The minimum atomic E-state index is -2.89. The Balaban J connectivity index is 1.59. The number of carbonyl (C=O) groups excluding carboxylic acids is 1. The van der Waals surface area contributed by atoms with Gasteiger partial charge in [-0.3, -0.25) is 4.79 Å². The highest BCUT2D eigenvalue weighted by Crippen LogP contribution is 2.17. The summed E-state index contributed by atoms with van der Waals surface area (Å²) in [6.45, 7) is 0.414. The van der Waals surface area contributed by atoms with Crippen LogP contribution in [0.4, 0.5) is 0 Å². The van der Waals surface area contributed by atoms with E-state index >= 15 is 0 Å². The SMILES string of the molecule is O=C(NC[C@@H]1CCS(=O)(=O)C1)c1ccc(-n2cccc2)cc1. The number of aromatic nitrogens is 1. The number of rotatable bonds is 4. The van der Waals surface area contributed by atoms with Crippen LogP contribution in [0.25, 0.3) is 5.69 Å². The van der Waals surface area contributed by atoms with Gasteiger partial charge in [-0.05, 0) is 48.7 Å². The topological polar surface area (TPSA) is 68.2 Å². The molecule has 1 saturated heterocycles. The zero-order valence-corrected chi connectivity index (χ0v) is 12.9. The van der Waals surface area contributed by atoms with Gasteiger partial charge in [-0.25, -0.2) is 8.42 Å². The summed E-state index contributed by atoms with van der Waals surface area (Å²) in [7, 11) is -2.89. The summed E-state index contributed by atoms with van der Waals surface area (Å²) in [5.74, 6) is 0.287. The lowest BCUT2D eigenvalue weighted by atomic mass is 10.1. The molecular weight excluding hydrogens is 300 g/mol. The summed E-state index contributed by atoms with van der Waals surface area (Å²) in [5.41, 5.74) is 1.57. The summed E-state index contributed by atoms with van der Waals surface area (Å²) < 4.78 is 24.7. The Labute approximate surface area is 129 Å². The van der Waals surface area contributed by atoms with Crippen molar-refractivity contribution in [2.45, 2.75) is 6.42 Å². The molecule has 6 heteroatoms. The van der Waals surface area contributed by atoms with Gasteiger partial charge in [0.1, 0.15) is 0 Å². The number of hydrogen-bond donors (Lipinski definition) is 1. The molecule has 0 unspecified atom stereocenters. The van der Waals surface area contributed by atoms with Crippen LogP contribution < -0.4 is 5.32 Å². The molecule has 0 bridgehead atoms. The Morgan fingerprint density at radius 2 is 1.86 bits per heavy atom. The normalized spacial score (nSPS) is 19.9. The first-order valence-electron chi connectivity index (χ1n) is 7.25. The fourth-order valence-corrected chi connectivity index (χ4v) is 4.53. The van der Waals surface area contributed by atoms with Gasteiger partial charge in [0, 0.05) is 30.2 Å². The lowest BCUT2D eigenvalue weighted by molar-refractivity contribution is 0.0948. The van der Waals surface area contributed by atoms with Crippen LogP contribution in [0.5, 0.6) is 0 Å². The van der Waals surface area contributed by atoms with Crippen LogP contribution in [0, 0.1) is 5.92 Å². The molecule has 0 aliphatic carbocycles. The third kappa shape index (κ3) is 3.39. The van der Waals surface area contributed by atoms with Crippen molar-refractivity contribution in [1.29, 1.82) is 0 Å². The molecule has 2 aromatic rings. The van der Waals surface area contributed by atoms with Crippen LogP contribution in [0.3, 0.4) is 0 Å². The predicted octanol–water partition coefficient (Wildman–Crippen LogP) is 1.64. The molecule has 1 N–H and O–H groups in total. The molecule has 116 valence electrons. The van der Waals surface area contributed by atoms with Crippen LogP contribution in [0.1, 0.15) is 16.8 Å². The average molecular weight is 318 g/mol. The second-order valence-electron chi connectivity index (χ2n) is 5.62. The maximum atomic E-state index is 12.1. The van der Waals surface area contributed by atoms with Crippen LogP contribution >= 0.6 is 0 Å². The monoisotopic (exact) mass is 318 g/mol. The Kier molecular flexibility index (Phi) is 4.02. The third-order valence-electron chi connectivity index (χ3n) is 3.91. The first-order valence-corrected chi connectivity index (χ1v) is 9.08. The Hall–Kier alpha value is -2.08. The quantitative estimate of drug-likeness (QED) is 0.932. The Bertz CT molecular complexity index is 749. The van der Waals surface area contributed by atoms with Crippen molar-refractivity contribution < 1.29 is 13.2 Å². The molecule has 1 aliphatic rings. The largest absolute Gasteiger partial charge is 0.352 e. The highest BCUT2D eigenvalue weighted by atomic mass is 32.2. The number of sulfone groups is 1. The summed E-state index contributed by atoms with van der Waals surface area (Å²) in [6, 6.07) is 11.2. The summed E-state index contributed by atoms with van der Waals surface area (Å²) in [6.07, 6.45) is 4.51. The van der Waals surface area contributed by atoms with Gasteiger partial charge in [-0.2, -0.15) is 0 Å². The maximum Gasteiger partial charge on any atom is 0.251 e. The predicted molar refractivity (Wildman–Crippen MR) is 84.9 cm³/mol. The van der Waals surface area contributed by atoms with E-state index in [-0.39, 0.29) is 23.3 Å². The zero-order valence-electron chi connectivity index (χ0n) is 12.1. The van der Waals surface area contributed by atoms with Gasteiger partial charge in [-0.1, -0.05) is 0 Å². The fourth-order valence-electron chi connectivity index (χ4n) is 2.66. The lowest BCUT2D eigenvalue weighted by Gasteiger charge is -2.10. The molecule has 5 nitrogen and oxygen atoms in total. The second kappa shape index (κ2) is 5.96. The molecule has 0 saturated carbocycles. The molecule has 2 heterocycles. The molecule has 1 aromatic carbocycles. The van der Waals surface area contributed by atoms with Crippen LogP contribution in [0.2, 0.25) is 0 Å². The van der Waals surface area contributed by atoms with E-state index < -0.39 is 9.84 Å². The number of amides is 1. The van der Waals surface area contributed by atoms with Crippen molar-refractivity contribution in [3.8, 4) is 5.69 Å². The molecular formula is C16H18N2O3S. The number of nitrogens with one attached hydrogen (secondary N) is 1. The molecule has 3 rings (SSSR count). The van der Waals surface area contributed by atoms with E-state index in [1.54, 1.807) is 12.1 Å². The van der Waals surface area contributed by atoms with Crippen molar-refractivity contribution in [1.82, 2.24) is 9.88 Å². The summed E-state index contributed by atoms with van der Waals surface area (Å²) in [5, 5.41) is 2.82. The third-order valence-corrected chi connectivity index (χ3v) is 5.75. The lowest BCUT2D eigenvalue weighted by Crippen LogP contribution is -2.29. The minimum absolute atomic E-state index is 0.0353. The molecule has 1 fully saturated rings. The molecule has 1 amide bonds. The number of nitrogens with zero attached hydrogens (tertiary/aromatic N) is 1. The first-order chi connectivity index (χ1) is 10.5. The highest BCUT2D eigenvalue weighted by Gasteiger charge is 2.27. The minimum Gasteiger partial charge on any atom is -0.352 e. The van der Waals surface area contributed by atoms with Gasteiger partial charge >= 0.3 is 0 Å². The van der Waals surface area contributed by atoms with E-state index in [0.29, 0.717) is 18.5 Å². The zero-order chi connectivity index (χ0) is 15.6. The van der Waals surface area contributed by atoms with Gasteiger partial charge in [0.15, 0.2) is 9.84 Å². The van der Waals surface area contributed by atoms with Crippen LogP contribution in [-0.2, 0) is 9.84 Å². The summed E-state index contributed by atoms with van der Waals surface area (Å²) >= 11 is 0. The van der Waals surface area contributed by atoms with E-state index in [0.717, 1.165) is 5.69 Å². The van der Waals surface area contributed by atoms with Gasteiger partial charge in [0.25, 0.3) is 5.91 Å². The Morgan fingerprint density at radius 3 is 2.45 bits per heavy atom. The van der Waals surface area contributed by atoms with E-state index in [4.69, 9.17) is 0 Å². The molecule has 1 aromatic heterocycles. The molecule has 0 spiro atoms. The fraction of sp³-hybridized carbons (Fsp3) is 0.312. The smallest absolute Gasteiger partial charge is 0.251 e. The molecule has 0 radical (unpaired) electrons. The van der Waals surface area contributed by atoms with Crippen molar-refractivity contribution in [3.05, 3.63) is 54.4 Å². The number of hydrogen-bond acceptors (Lipinski definition) is 3. The van der Waals surface area contributed by atoms with E-state index in [1.165, 1.54) is 0 Å². The van der Waals surface area contributed by atoms with E-state index in [2.05, 4.69) is 5.32 Å². The Morgan fingerprint density at radius 1 is 1.18 bits per heavy atom. The summed E-state index contributed by atoms with van der Waals surface area (Å²) in [4.78, 5) is 12.1. The van der Waals surface area contributed by atoms with E-state index in [9.17, 15) is 13.2 Å². The standard InChI is InChI=1S/C16H18N2O3S/c19-16(17-11-13-7-10-22(20,21)12-13)14-3-5-15(6-4-14)18-8-1-2-9-18/h1-6,8-9,13H,7,10-12H2,(H,17,19)/t13-/m0/s1. The highest BCUT2D eigenvalue weighted by molar-refractivity contribution is 7.91. The average Bonchev–Trinajstić information content (AvgIpc) is 3.14. The van der Waals surface area contributed by atoms with Crippen molar-refractivity contribution in [2.75, 3.05) is 18.1 Å². The number of carbonyl (C=O) groups is 1. The number of benzene rings is 1. The molecule has 1 atom stereocenters. The maximum absolute atomic E-state index is 12.1. The van der Waals surface area contributed by atoms with Gasteiger partial charge < -0.3 is 9.88 Å². The van der Waals surface area contributed by atoms with Crippen LogP contribution in [-0.4, -0.2) is 36.9 Å². The van der Waals surface area contributed by atoms with Gasteiger partial charge in [0.2, 0.25) is 0 Å². The molecule has 22 heavy (non-hydrogen) atoms. The van der Waals surface area contributed by atoms with Gasteiger partial charge in [-0.15, -0.1) is 0 Å². The van der Waals surface area contributed by atoms with Crippen molar-refractivity contribution >= 4 is 15.7 Å². The van der Waals surface area contributed by atoms with Crippen molar-refractivity contribution in [2.24, 2.45) is 5.92 Å². The first kappa shape index (κ1) is 14.8. The van der Waals surface area contributed by atoms with Gasteiger partial charge in [0.05, 0.1) is 11.5 Å². The van der Waals surface area contributed by atoms with E-state index in [1.807, 2.05) is 41.2 Å².